The quantitative estimate of drug-likeness (QED) is 0.773. The summed E-state index contributed by atoms with van der Waals surface area (Å²) in [5.41, 5.74) is 13.1. The second kappa shape index (κ2) is 6.25. The zero-order chi connectivity index (χ0) is 12.8. The lowest BCUT2D eigenvalue weighted by molar-refractivity contribution is -0.118. The van der Waals surface area contributed by atoms with Crippen molar-refractivity contribution in [3.63, 3.8) is 0 Å². The summed E-state index contributed by atoms with van der Waals surface area (Å²) in [4.78, 5) is 13.3. The number of aryl methyl sites for hydroxylation is 1. The maximum atomic E-state index is 11.3. The molecule has 0 heterocycles. The van der Waals surface area contributed by atoms with Crippen molar-refractivity contribution in [3.05, 3.63) is 29.8 Å². The predicted molar refractivity (Wildman–Crippen MR) is 70.9 cm³/mol. The van der Waals surface area contributed by atoms with Gasteiger partial charge in [0, 0.05) is 12.2 Å². The second-order valence-electron chi connectivity index (χ2n) is 4.25. The lowest BCUT2D eigenvalue weighted by Crippen LogP contribution is -2.43. The highest BCUT2D eigenvalue weighted by Gasteiger charge is 2.18. The minimum absolute atomic E-state index is 0.316. The van der Waals surface area contributed by atoms with E-state index in [9.17, 15) is 4.79 Å². The summed E-state index contributed by atoms with van der Waals surface area (Å²) in [7, 11) is 0. The molecule has 0 spiro atoms. The minimum atomic E-state index is -0.317. The van der Waals surface area contributed by atoms with Crippen LogP contribution >= 0.6 is 0 Å². The van der Waals surface area contributed by atoms with Crippen LogP contribution in [0.3, 0.4) is 0 Å². The molecule has 0 aromatic heterocycles. The average Bonchev–Trinajstić information content (AvgIpc) is 2.31. The number of anilines is 1. The normalized spacial score (nSPS) is 12.2. The lowest BCUT2D eigenvalue weighted by atomic mass is 10.1. The molecule has 94 valence electrons. The molecule has 0 fully saturated rings. The fraction of sp³-hybridized carbons (Fsp3) is 0.462. The van der Waals surface area contributed by atoms with E-state index in [-0.39, 0.29) is 11.9 Å². The Balaban J connectivity index is 2.88. The van der Waals surface area contributed by atoms with Gasteiger partial charge in [0.25, 0.3) is 0 Å². The van der Waals surface area contributed by atoms with E-state index in [4.69, 9.17) is 11.5 Å². The van der Waals surface area contributed by atoms with Crippen molar-refractivity contribution >= 4 is 11.6 Å². The Morgan fingerprint density at radius 3 is 2.41 bits per heavy atom. The van der Waals surface area contributed by atoms with Crippen LogP contribution in [0.2, 0.25) is 0 Å². The molecular formula is C13H21N3O. The third kappa shape index (κ3) is 3.75. The predicted octanol–water partition coefficient (Wildman–Crippen LogP) is 1.02. The van der Waals surface area contributed by atoms with Crippen molar-refractivity contribution in [2.75, 3.05) is 18.0 Å². The van der Waals surface area contributed by atoms with Crippen LogP contribution in [0.25, 0.3) is 0 Å². The minimum Gasteiger partial charge on any atom is -0.368 e. The summed E-state index contributed by atoms with van der Waals surface area (Å²) in [5.74, 6) is -0.317. The summed E-state index contributed by atoms with van der Waals surface area (Å²) in [6, 6.07) is 7.75. The monoisotopic (exact) mass is 235 g/mol. The molecule has 4 nitrogen and oxygen atoms in total. The first-order chi connectivity index (χ1) is 8.06. The van der Waals surface area contributed by atoms with Crippen molar-refractivity contribution in [1.82, 2.24) is 0 Å². The van der Waals surface area contributed by atoms with Crippen LogP contribution in [0, 0.1) is 6.92 Å². The average molecular weight is 235 g/mol. The van der Waals surface area contributed by atoms with E-state index in [1.54, 1.807) is 0 Å². The van der Waals surface area contributed by atoms with E-state index in [1.165, 1.54) is 5.56 Å². The smallest absolute Gasteiger partial charge is 0.239 e. The van der Waals surface area contributed by atoms with Crippen LogP contribution in [-0.4, -0.2) is 25.0 Å². The van der Waals surface area contributed by atoms with Crippen molar-refractivity contribution in [1.29, 1.82) is 0 Å². The number of rotatable bonds is 6. The second-order valence-corrected chi connectivity index (χ2v) is 4.25. The first kappa shape index (κ1) is 13.5. The van der Waals surface area contributed by atoms with Gasteiger partial charge in [0.1, 0.15) is 6.04 Å². The molecule has 4 heteroatoms. The lowest BCUT2D eigenvalue weighted by Gasteiger charge is -2.29. The van der Waals surface area contributed by atoms with E-state index in [0.717, 1.165) is 18.7 Å². The number of primary amides is 1. The van der Waals surface area contributed by atoms with Crippen LogP contribution in [0.15, 0.2) is 24.3 Å². The van der Waals surface area contributed by atoms with Crippen LogP contribution < -0.4 is 16.4 Å². The molecule has 0 aliphatic heterocycles. The third-order valence-corrected chi connectivity index (χ3v) is 2.85. The van der Waals surface area contributed by atoms with Crippen LogP contribution in [0.4, 0.5) is 5.69 Å². The molecule has 1 amide bonds. The molecular weight excluding hydrogens is 214 g/mol. The van der Waals surface area contributed by atoms with Crippen molar-refractivity contribution < 1.29 is 4.79 Å². The number of hydrogen-bond acceptors (Lipinski definition) is 3. The Morgan fingerprint density at radius 2 is 1.94 bits per heavy atom. The Morgan fingerprint density at radius 1 is 1.35 bits per heavy atom. The van der Waals surface area contributed by atoms with Gasteiger partial charge >= 0.3 is 0 Å². The number of nitrogens with two attached hydrogens (primary N) is 2. The number of amides is 1. The fourth-order valence-corrected chi connectivity index (χ4v) is 1.70. The maximum Gasteiger partial charge on any atom is 0.239 e. The van der Waals surface area contributed by atoms with Crippen LogP contribution in [-0.2, 0) is 4.79 Å². The molecule has 1 aromatic rings. The molecule has 17 heavy (non-hydrogen) atoms. The Bertz CT molecular complexity index is 361. The number of carbonyl (C=O) groups is 1. The van der Waals surface area contributed by atoms with Gasteiger partial charge < -0.3 is 16.4 Å². The SMILES string of the molecule is Cc1ccc(N(CCCN)C(C)C(N)=O)cc1. The van der Waals surface area contributed by atoms with Crippen molar-refractivity contribution in [3.8, 4) is 0 Å². The zero-order valence-electron chi connectivity index (χ0n) is 10.5. The van der Waals surface area contributed by atoms with Gasteiger partial charge in [-0.15, -0.1) is 0 Å². The summed E-state index contributed by atoms with van der Waals surface area (Å²) in [6.07, 6.45) is 0.839. The standard InChI is InChI=1S/C13H21N3O/c1-10-4-6-12(7-5-10)16(9-3-8-14)11(2)13(15)17/h4-7,11H,3,8-9,14H2,1-2H3,(H2,15,17). The Hall–Kier alpha value is -1.55. The molecule has 0 saturated carbocycles. The summed E-state index contributed by atoms with van der Waals surface area (Å²) in [5, 5.41) is 0. The Kier molecular flexibility index (Phi) is 4.97. The largest absolute Gasteiger partial charge is 0.368 e. The Labute approximate surface area is 103 Å². The van der Waals surface area contributed by atoms with Gasteiger partial charge in [-0.05, 0) is 38.9 Å². The van der Waals surface area contributed by atoms with Gasteiger partial charge in [0.15, 0.2) is 0 Å². The van der Waals surface area contributed by atoms with E-state index >= 15 is 0 Å². The molecule has 0 aliphatic carbocycles. The highest BCUT2D eigenvalue weighted by atomic mass is 16.1. The van der Waals surface area contributed by atoms with E-state index < -0.39 is 0 Å². The molecule has 4 N–H and O–H groups in total. The van der Waals surface area contributed by atoms with Crippen molar-refractivity contribution in [2.45, 2.75) is 26.3 Å². The van der Waals surface area contributed by atoms with E-state index in [2.05, 4.69) is 0 Å². The molecule has 0 radical (unpaired) electrons. The van der Waals surface area contributed by atoms with Gasteiger partial charge in [-0.25, -0.2) is 0 Å². The molecule has 0 aliphatic rings. The van der Waals surface area contributed by atoms with Gasteiger partial charge in [-0.2, -0.15) is 0 Å². The zero-order valence-corrected chi connectivity index (χ0v) is 10.5. The fourth-order valence-electron chi connectivity index (χ4n) is 1.70. The van der Waals surface area contributed by atoms with Gasteiger partial charge in [0.05, 0.1) is 0 Å². The highest BCUT2D eigenvalue weighted by Crippen LogP contribution is 2.18. The van der Waals surface area contributed by atoms with Gasteiger partial charge in [-0.1, -0.05) is 17.7 Å². The molecule has 1 aromatic carbocycles. The summed E-state index contributed by atoms with van der Waals surface area (Å²) < 4.78 is 0. The maximum absolute atomic E-state index is 11.3. The van der Waals surface area contributed by atoms with Crippen LogP contribution in [0.1, 0.15) is 18.9 Å². The number of carbonyl (C=O) groups excluding carboxylic acids is 1. The number of benzene rings is 1. The van der Waals surface area contributed by atoms with E-state index in [0.29, 0.717) is 6.54 Å². The molecule has 0 saturated heterocycles. The molecule has 0 bridgehead atoms. The first-order valence-corrected chi connectivity index (χ1v) is 5.89. The summed E-state index contributed by atoms with van der Waals surface area (Å²) in [6.45, 7) is 5.20. The first-order valence-electron chi connectivity index (χ1n) is 5.89. The topological polar surface area (TPSA) is 72.3 Å². The molecule has 1 unspecified atom stereocenters. The van der Waals surface area contributed by atoms with Crippen molar-refractivity contribution in [2.24, 2.45) is 11.5 Å². The number of hydrogen-bond donors (Lipinski definition) is 2. The summed E-state index contributed by atoms with van der Waals surface area (Å²) >= 11 is 0. The van der Waals surface area contributed by atoms with Crippen LogP contribution in [0.5, 0.6) is 0 Å². The molecule has 1 rings (SSSR count). The number of nitrogens with zero attached hydrogens (tertiary/aromatic N) is 1. The van der Waals surface area contributed by atoms with E-state index in [1.807, 2.05) is 43.0 Å². The van der Waals surface area contributed by atoms with Gasteiger partial charge in [-0.3, -0.25) is 4.79 Å². The highest BCUT2D eigenvalue weighted by molar-refractivity contribution is 5.83. The third-order valence-electron chi connectivity index (χ3n) is 2.85. The molecule has 1 atom stereocenters. The van der Waals surface area contributed by atoms with Gasteiger partial charge in [0.2, 0.25) is 5.91 Å².